The van der Waals surface area contributed by atoms with Gasteiger partial charge in [0.2, 0.25) is 5.43 Å². The molecular formula is C22H16F3N5O4S. The van der Waals surface area contributed by atoms with E-state index >= 15 is 0 Å². The monoisotopic (exact) mass is 503 g/mol. The summed E-state index contributed by atoms with van der Waals surface area (Å²) in [5.41, 5.74) is -1.54. The average Bonchev–Trinajstić information content (AvgIpc) is 3.31. The molecule has 0 spiro atoms. The van der Waals surface area contributed by atoms with Crippen LogP contribution in [0.4, 0.5) is 23.8 Å². The molecule has 0 unspecified atom stereocenters. The van der Waals surface area contributed by atoms with Crippen molar-refractivity contribution in [2.24, 2.45) is 0 Å². The van der Waals surface area contributed by atoms with Gasteiger partial charge in [0.15, 0.2) is 11.4 Å². The summed E-state index contributed by atoms with van der Waals surface area (Å²) < 4.78 is 44.7. The van der Waals surface area contributed by atoms with Gasteiger partial charge in [-0.25, -0.2) is 19.6 Å². The topological polar surface area (TPSA) is 126 Å². The van der Waals surface area contributed by atoms with Crippen LogP contribution in [0.5, 0.6) is 5.75 Å². The number of esters is 1. The van der Waals surface area contributed by atoms with Crippen LogP contribution in [0, 0.1) is 0 Å². The molecule has 35 heavy (non-hydrogen) atoms. The number of urea groups is 1. The first-order chi connectivity index (χ1) is 16.7. The molecule has 3 N–H and O–H groups in total. The lowest BCUT2D eigenvalue weighted by atomic mass is 10.1. The molecule has 9 nitrogen and oxygen atoms in total. The van der Waals surface area contributed by atoms with Gasteiger partial charge in [0, 0.05) is 29.0 Å². The number of ether oxygens (including phenoxy) is 1. The maximum absolute atomic E-state index is 13.1. The number of carbonyl (C=O) groups excluding carboxylic acids is 2. The van der Waals surface area contributed by atoms with Crippen LogP contribution >= 0.6 is 11.3 Å². The number of carbonyl (C=O) groups is 2. The maximum atomic E-state index is 13.1. The van der Waals surface area contributed by atoms with E-state index in [1.165, 1.54) is 18.3 Å². The molecule has 0 bridgehead atoms. The number of hydrogen-bond donors (Lipinski definition) is 3. The van der Waals surface area contributed by atoms with Gasteiger partial charge in [-0.2, -0.15) is 13.2 Å². The Morgan fingerprint density at radius 2 is 2.00 bits per heavy atom. The van der Waals surface area contributed by atoms with E-state index < -0.39 is 29.3 Å². The highest BCUT2D eigenvalue weighted by Gasteiger charge is 2.34. The Bertz CT molecular complexity index is 1480. The molecule has 4 aromatic rings. The number of nitrogens with one attached hydrogen (secondary N) is 3. The van der Waals surface area contributed by atoms with E-state index in [4.69, 9.17) is 4.74 Å². The molecule has 0 aliphatic rings. The van der Waals surface area contributed by atoms with Gasteiger partial charge in [-0.3, -0.25) is 10.1 Å². The Morgan fingerprint density at radius 3 is 2.71 bits per heavy atom. The number of H-pyrrole nitrogens is 1. The van der Waals surface area contributed by atoms with E-state index in [2.05, 4.69) is 25.6 Å². The molecule has 2 amide bonds. The molecule has 4 rings (SSSR count). The molecule has 0 saturated heterocycles. The number of aromatic nitrogens is 3. The summed E-state index contributed by atoms with van der Waals surface area (Å²) in [4.78, 5) is 47.8. The zero-order valence-corrected chi connectivity index (χ0v) is 18.7. The smallest absolute Gasteiger partial charge is 0.420 e. The van der Waals surface area contributed by atoms with Gasteiger partial charge in [-0.15, -0.1) is 11.3 Å². The number of nitrogens with zero attached hydrogens (tertiary/aromatic N) is 2. The molecule has 1 aromatic carbocycles. The number of alkyl halides is 3. The second-order valence-electron chi connectivity index (χ2n) is 7.05. The fourth-order valence-electron chi connectivity index (χ4n) is 3.08. The van der Waals surface area contributed by atoms with E-state index in [9.17, 15) is 27.6 Å². The zero-order valence-electron chi connectivity index (χ0n) is 17.9. The van der Waals surface area contributed by atoms with Gasteiger partial charge in [-0.1, -0.05) is 12.1 Å². The first-order valence-electron chi connectivity index (χ1n) is 10.1. The standard InChI is InChI=1S/C22H16F3N5O4S/c1-2-26-21(33)30-17-7-12(19-29-16(10-35-19)22(23,24)25)15(9-28-17)34-20(32)13-8-27-14-6-4-3-5-11(14)18(13)31/h3-10H,2H2,1H3,(H,27,31)(H2,26,28,30,33). The van der Waals surface area contributed by atoms with E-state index in [-0.39, 0.29) is 33.1 Å². The largest absolute Gasteiger partial charge is 0.434 e. The molecule has 0 atom stereocenters. The van der Waals surface area contributed by atoms with Crippen molar-refractivity contribution in [1.29, 1.82) is 0 Å². The van der Waals surface area contributed by atoms with E-state index in [1.54, 1.807) is 25.1 Å². The number of anilines is 1. The lowest BCUT2D eigenvalue weighted by Crippen LogP contribution is -2.28. The Hall–Kier alpha value is -4.26. The van der Waals surface area contributed by atoms with Crippen molar-refractivity contribution in [2.45, 2.75) is 13.1 Å². The number of para-hydroxylation sites is 1. The maximum Gasteiger partial charge on any atom is 0.434 e. The molecule has 3 heterocycles. The molecule has 180 valence electrons. The van der Waals surface area contributed by atoms with Crippen molar-refractivity contribution >= 4 is 40.1 Å². The first-order valence-corrected chi connectivity index (χ1v) is 11.0. The summed E-state index contributed by atoms with van der Waals surface area (Å²) in [6, 6.07) is 7.18. The van der Waals surface area contributed by atoms with Crippen molar-refractivity contribution in [3.8, 4) is 16.3 Å². The summed E-state index contributed by atoms with van der Waals surface area (Å²) >= 11 is 0.663. The molecule has 3 aromatic heterocycles. The number of halogens is 3. The predicted molar refractivity (Wildman–Crippen MR) is 123 cm³/mol. The number of rotatable bonds is 5. The van der Waals surface area contributed by atoms with E-state index in [1.807, 2.05) is 0 Å². The molecular weight excluding hydrogens is 487 g/mol. The lowest BCUT2D eigenvalue weighted by molar-refractivity contribution is -0.140. The van der Waals surface area contributed by atoms with Crippen LogP contribution in [0.2, 0.25) is 0 Å². The van der Waals surface area contributed by atoms with Crippen molar-refractivity contribution in [3.05, 3.63) is 69.6 Å². The van der Waals surface area contributed by atoms with Crippen molar-refractivity contribution in [3.63, 3.8) is 0 Å². The molecule has 13 heteroatoms. The Morgan fingerprint density at radius 1 is 1.23 bits per heavy atom. The summed E-state index contributed by atoms with van der Waals surface area (Å²) in [6.07, 6.45) is -2.44. The fraction of sp³-hybridized carbons (Fsp3) is 0.136. The van der Waals surface area contributed by atoms with E-state index in [0.717, 1.165) is 11.6 Å². The summed E-state index contributed by atoms with van der Waals surface area (Å²) in [7, 11) is 0. The van der Waals surface area contributed by atoms with Gasteiger partial charge in [-0.05, 0) is 25.1 Å². The summed E-state index contributed by atoms with van der Waals surface area (Å²) in [5, 5.41) is 5.86. The second-order valence-corrected chi connectivity index (χ2v) is 7.91. The minimum atomic E-state index is -4.68. The third-order valence-corrected chi connectivity index (χ3v) is 5.56. The Balaban J connectivity index is 1.73. The molecule has 0 saturated carbocycles. The fourth-order valence-corrected chi connectivity index (χ4v) is 3.93. The minimum absolute atomic E-state index is 0.0157. The van der Waals surface area contributed by atoms with Crippen LogP contribution in [0.25, 0.3) is 21.5 Å². The normalized spacial score (nSPS) is 11.3. The van der Waals surface area contributed by atoms with Gasteiger partial charge >= 0.3 is 18.2 Å². The van der Waals surface area contributed by atoms with Crippen LogP contribution in [0.15, 0.2) is 52.9 Å². The molecule has 0 aliphatic carbocycles. The first kappa shape index (κ1) is 23.9. The number of benzene rings is 1. The number of fused-ring (bicyclic) bond motifs is 1. The highest BCUT2D eigenvalue weighted by molar-refractivity contribution is 7.13. The van der Waals surface area contributed by atoms with Crippen LogP contribution in [-0.4, -0.2) is 33.5 Å². The number of pyridine rings is 2. The average molecular weight is 503 g/mol. The van der Waals surface area contributed by atoms with Crippen LogP contribution in [-0.2, 0) is 6.18 Å². The minimum Gasteiger partial charge on any atom is -0.420 e. The van der Waals surface area contributed by atoms with E-state index in [0.29, 0.717) is 23.4 Å². The zero-order chi connectivity index (χ0) is 25.2. The van der Waals surface area contributed by atoms with Crippen molar-refractivity contribution in [1.82, 2.24) is 20.3 Å². The molecule has 0 radical (unpaired) electrons. The van der Waals surface area contributed by atoms with Crippen molar-refractivity contribution in [2.75, 3.05) is 11.9 Å². The van der Waals surface area contributed by atoms with Gasteiger partial charge in [0.1, 0.15) is 16.4 Å². The van der Waals surface area contributed by atoms with Gasteiger partial charge in [0.25, 0.3) is 0 Å². The predicted octanol–water partition coefficient (Wildman–Crippen LogP) is 4.43. The van der Waals surface area contributed by atoms with Crippen LogP contribution < -0.4 is 20.8 Å². The Labute approximate surface area is 199 Å². The highest BCUT2D eigenvalue weighted by atomic mass is 32.1. The second kappa shape index (κ2) is 9.54. The van der Waals surface area contributed by atoms with Gasteiger partial charge in [0.05, 0.1) is 11.8 Å². The van der Waals surface area contributed by atoms with Crippen LogP contribution in [0.1, 0.15) is 23.0 Å². The summed E-state index contributed by atoms with van der Waals surface area (Å²) in [5.74, 6) is -1.30. The number of aromatic amines is 1. The third-order valence-electron chi connectivity index (χ3n) is 4.68. The lowest BCUT2D eigenvalue weighted by Gasteiger charge is -2.11. The molecule has 0 aliphatic heterocycles. The number of thiazole rings is 1. The Kier molecular flexibility index (Phi) is 6.51. The van der Waals surface area contributed by atoms with Gasteiger partial charge < -0.3 is 15.0 Å². The highest BCUT2D eigenvalue weighted by Crippen LogP contribution is 2.38. The number of hydrogen-bond acceptors (Lipinski definition) is 7. The SMILES string of the molecule is CCNC(=O)Nc1cc(-c2nc(C(F)(F)F)cs2)c(OC(=O)c2c[nH]c3ccccc3c2=O)cn1. The quantitative estimate of drug-likeness (QED) is 0.346. The number of amides is 2. The van der Waals surface area contributed by atoms with Crippen molar-refractivity contribution < 1.29 is 27.5 Å². The summed E-state index contributed by atoms with van der Waals surface area (Å²) in [6.45, 7) is 2.03. The van der Waals surface area contributed by atoms with Crippen LogP contribution in [0.3, 0.4) is 0 Å². The third kappa shape index (κ3) is 5.14. The molecule has 0 fully saturated rings.